The van der Waals surface area contributed by atoms with Crippen molar-refractivity contribution >= 4 is 11.6 Å². The maximum atomic E-state index is 11.8. The fraction of sp³-hybridized carbons (Fsp3) is 0.188. The number of rotatable bonds is 5. The molecule has 1 N–H and O–H groups in total. The van der Waals surface area contributed by atoms with Crippen molar-refractivity contribution in [2.75, 3.05) is 19.0 Å². The van der Waals surface area contributed by atoms with Gasteiger partial charge in [0.05, 0.1) is 12.8 Å². The smallest absolute Gasteiger partial charge is 0.262 e. The first kappa shape index (κ1) is 13.9. The van der Waals surface area contributed by atoms with Crippen molar-refractivity contribution in [1.82, 2.24) is 0 Å². The van der Waals surface area contributed by atoms with Crippen LogP contribution in [0.25, 0.3) is 0 Å². The lowest BCUT2D eigenvalue weighted by Crippen LogP contribution is -2.20. The first-order valence-electron chi connectivity index (χ1n) is 6.31. The Hall–Kier alpha value is -2.49. The van der Waals surface area contributed by atoms with Gasteiger partial charge in [-0.2, -0.15) is 0 Å². The molecule has 2 rings (SSSR count). The quantitative estimate of drug-likeness (QED) is 0.909. The zero-order chi connectivity index (χ0) is 14.4. The molecule has 0 radical (unpaired) electrons. The van der Waals surface area contributed by atoms with Crippen LogP contribution in [-0.4, -0.2) is 19.6 Å². The Morgan fingerprint density at radius 1 is 1.15 bits per heavy atom. The van der Waals surface area contributed by atoms with Crippen molar-refractivity contribution < 1.29 is 14.3 Å². The van der Waals surface area contributed by atoms with Gasteiger partial charge in [0.1, 0.15) is 11.5 Å². The summed E-state index contributed by atoms with van der Waals surface area (Å²) in [5, 5.41) is 2.77. The molecule has 0 aliphatic heterocycles. The van der Waals surface area contributed by atoms with Crippen LogP contribution in [0, 0.1) is 6.92 Å². The zero-order valence-electron chi connectivity index (χ0n) is 11.6. The van der Waals surface area contributed by atoms with Crippen LogP contribution < -0.4 is 14.8 Å². The second-order valence-corrected chi connectivity index (χ2v) is 4.35. The molecule has 0 bridgehead atoms. The monoisotopic (exact) mass is 271 g/mol. The molecule has 0 aliphatic carbocycles. The SMILES string of the molecule is COc1cc(C)ccc1NC(=O)COc1ccccc1. The van der Waals surface area contributed by atoms with Crippen LogP contribution in [0.5, 0.6) is 11.5 Å². The van der Waals surface area contributed by atoms with Gasteiger partial charge in [-0.05, 0) is 36.8 Å². The van der Waals surface area contributed by atoms with Gasteiger partial charge < -0.3 is 14.8 Å². The predicted octanol–water partition coefficient (Wildman–Crippen LogP) is 3.02. The van der Waals surface area contributed by atoms with E-state index in [1.807, 2.05) is 43.3 Å². The van der Waals surface area contributed by atoms with E-state index in [-0.39, 0.29) is 12.5 Å². The summed E-state index contributed by atoms with van der Waals surface area (Å²) in [5.41, 5.74) is 1.71. The average molecular weight is 271 g/mol. The fourth-order valence-corrected chi connectivity index (χ4v) is 1.75. The molecule has 0 aliphatic rings. The molecule has 0 saturated heterocycles. The lowest BCUT2D eigenvalue weighted by molar-refractivity contribution is -0.118. The van der Waals surface area contributed by atoms with Gasteiger partial charge in [-0.15, -0.1) is 0 Å². The van der Waals surface area contributed by atoms with Crippen molar-refractivity contribution in [3.8, 4) is 11.5 Å². The summed E-state index contributed by atoms with van der Waals surface area (Å²) in [6.45, 7) is 1.92. The zero-order valence-corrected chi connectivity index (χ0v) is 11.6. The van der Waals surface area contributed by atoms with E-state index in [9.17, 15) is 4.79 Å². The molecular weight excluding hydrogens is 254 g/mol. The minimum Gasteiger partial charge on any atom is -0.495 e. The topological polar surface area (TPSA) is 47.6 Å². The number of hydrogen-bond acceptors (Lipinski definition) is 3. The largest absolute Gasteiger partial charge is 0.495 e. The third kappa shape index (κ3) is 3.75. The second-order valence-electron chi connectivity index (χ2n) is 4.35. The standard InChI is InChI=1S/C16H17NO3/c1-12-8-9-14(15(10-12)19-2)17-16(18)11-20-13-6-4-3-5-7-13/h3-10H,11H2,1-2H3,(H,17,18). The third-order valence-corrected chi connectivity index (χ3v) is 2.74. The number of hydrogen-bond donors (Lipinski definition) is 1. The summed E-state index contributed by atoms with van der Waals surface area (Å²) in [6, 6.07) is 14.8. The average Bonchev–Trinajstić information content (AvgIpc) is 2.48. The van der Waals surface area contributed by atoms with Crippen LogP contribution in [0.2, 0.25) is 0 Å². The summed E-state index contributed by atoms with van der Waals surface area (Å²) in [6.07, 6.45) is 0. The Balaban J connectivity index is 1.95. The first-order chi connectivity index (χ1) is 9.69. The molecule has 0 saturated carbocycles. The van der Waals surface area contributed by atoms with E-state index < -0.39 is 0 Å². The van der Waals surface area contributed by atoms with Gasteiger partial charge in [-0.3, -0.25) is 4.79 Å². The number of aryl methyl sites for hydroxylation is 1. The van der Waals surface area contributed by atoms with E-state index in [4.69, 9.17) is 9.47 Å². The van der Waals surface area contributed by atoms with E-state index in [0.717, 1.165) is 5.56 Å². The number of benzene rings is 2. The number of methoxy groups -OCH3 is 1. The predicted molar refractivity (Wildman–Crippen MR) is 78.3 cm³/mol. The van der Waals surface area contributed by atoms with Crippen LogP contribution >= 0.6 is 0 Å². The fourth-order valence-electron chi connectivity index (χ4n) is 1.75. The van der Waals surface area contributed by atoms with Crippen LogP contribution in [0.4, 0.5) is 5.69 Å². The highest BCUT2D eigenvalue weighted by Gasteiger charge is 2.08. The summed E-state index contributed by atoms with van der Waals surface area (Å²) in [4.78, 5) is 11.8. The molecule has 4 heteroatoms. The van der Waals surface area contributed by atoms with Crippen molar-refractivity contribution in [3.63, 3.8) is 0 Å². The molecule has 104 valence electrons. The maximum Gasteiger partial charge on any atom is 0.262 e. The molecule has 4 nitrogen and oxygen atoms in total. The minimum absolute atomic E-state index is 0.0406. The molecule has 20 heavy (non-hydrogen) atoms. The maximum absolute atomic E-state index is 11.8. The van der Waals surface area contributed by atoms with Gasteiger partial charge >= 0.3 is 0 Å². The number of para-hydroxylation sites is 1. The second kappa shape index (κ2) is 6.61. The Labute approximate surface area is 118 Å². The van der Waals surface area contributed by atoms with E-state index in [1.165, 1.54) is 0 Å². The number of carbonyl (C=O) groups excluding carboxylic acids is 1. The van der Waals surface area contributed by atoms with Gasteiger partial charge in [0.15, 0.2) is 6.61 Å². The van der Waals surface area contributed by atoms with Crippen LogP contribution in [0.1, 0.15) is 5.56 Å². The van der Waals surface area contributed by atoms with Gasteiger partial charge in [-0.25, -0.2) is 0 Å². The molecule has 0 heterocycles. The lowest BCUT2D eigenvalue weighted by atomic mass is 10.2. The molecule has 2 aromatic rings. The van der Waals surface area contributed by atoms with Crippen molar-refractivity contribution in [2.24, 2.45) is 0 Å². The van der Waals surface area contributed by atoms with E-state index in [0.29, 0.717) is 17.2 Å². The summed E-state index contributed by atoms with van der Waals surface area (Å²) in [5.74, 6) is 1.08. The molecule has 1 amide bonds. The summed E-state index contributed by atoms with van der Waals surface area (Å²) < 4.78 is 10.6. The lowest BCUT2D eigenvalue weighted by Gasteiger charge is -2.11. The Morgan fingerprint density at radius 3 is 2.60 bits per heavy atom. The van der Waals surface area contributed by atoms with E-state index >= 15 is 0 Å². The highest BCUT2D eigenvalue weighted by atomic mass is 16.5. The van der Waals surface area contributed by atoms with E-state index in [1.54, 1.807) is 19.2 Å². The van der Waals surface area contributed by atoms with Gasteiger partial charge in [0, 0.05) is 0 Å². The van der Waals surface area contributed by atoms with Crippen LogP contribution in [-0.2, 0) is 4.79 Å². The third-order valence-electron chi connectivity index (χ3n) is 2.74. The molecule has 0 atom stereocenters. The van der Waals surface area contributed by atoms with Gasteiger partial charge in [0.2, 0.25) is 0 Å². The molecule has 0 spiro atoms. The molecule has 2 aromatic carbocycles. The number of ether oxygens (including phenoxy) is 2. The summed E-state index contributed by atoms with van der Waals surface area (Å²) >= 11 is 0. The highest BCUT2D eigenvalue weighted by molar-refractivity contribution is 5.93. The van der Waals surface area contributed by atoms with Crippen molar-refractivity contribution in [2.45, 2.75) is 6.92 Å². The van der Waals surface area contributed by atoms with Gasteiger partial charge in [-0.1, -0.05) is 24.3 Å². The number of nitrogens with one attached hydrogen (secondary N) is 1. The minimum atomic E-state index is -0.226. The molecule has 0 unspecified atom stereocenters. The van der Waals surface area contributed by atoms with Crippen molar-refractivity contribution in [1.29, 1.82) is 0 Å². The summed E-state index contributed by atoms with van der Waals surface area (Å²) in [7, 11) is 1.57. The van der Waals surface area contributed by atoms with Crippen LogP contribution in [0.15, 0.2) is 48.5 Å². The van der Waals surface area contributed by atoms with E-state index in [2.05, 4.69) is 5.32 Å². The number of anilines is 1. The highest BCUT2D eigenvalue weighted by Crippen LogP contribution is 2.25. The molecule has 0 aromatic heterocycles. The molecule has 0 fully saturated rings. The number of carbonyl (C=O) groups is 1. The van der Waals surface area contributed by atoms with Crippen LogP contribution in [0.3, 0.4) is 0 Å². The Bertz CT molecular complexity index is 582. The normalized spacial score (nSPS) is 9.90. The Kier molecular flexibility index (Phi) is 4.60. The molecular formula is C16H17NO3. The first-order valence-corrected chi connectivity index (χ1v) is 6.31. The van der Waals surface area contributed by atoms with Crippen molar-refractivity contribution in [3.05, 3.63) is 54.1 Å². The van der Waals surface area contributed by atoms with Gasteiger partial charge in [0.25, 0.3) is 5.91 Å². The number of amides is 1. The Morgan fingerprint density at radius 2 is 1.90 bits per heavy atom.